The predicted octanol–water partition coefficient (Wildman–Crippen LogP) is 2.90. The molecule has 1 aromatic rings. The number of hydrogen-bond donors (Lipinski definition) is 2. The van der Waals surface area contributed by atoms with Crippen molar-refractivity contribution in [1.82, 2.24) is 5.32 Å². The summed E-state index contributed by atoms with van der Waals surface area (Å²) in [5, 5.41) is 13.7. The number of nitriles is 1. The van der Waals surface area contributed by atoms with Crippen molar-refractivity contribution in [3.05, 3.63) is 29.3 Å². The minimum Gasteiger partial charge on any atom is -0.376 e. The summed E-state index contributed by atoms with van der Waals surface area (Å²) in [5.41, 5.74) is -1.75. The second kappa shape index (κ2) is 6.04. The van der Waals surface area contributed by atoms with Crippen LogP contribution in [0.5, 0.6) is 0 Å². The van der Waals surface area contributed by atoms with Gasteiger partial charge < -0.3 is 10.6 Å². The third kappa shape index (κ3) is 5.34. The molecular formula is C14H16F3N3O. The molecule has 2 N–H and O–H groups in total. The first-order valence-corrected chi connectivity index (χ1v) is 6.19. The average Bonchev–Trinajstić information content (AvgIpc) is 2.33. The quantitative estimate of drug-likeness (QED) is 0.902. The first kappa shape index (κ1) is 16.8. The number of anilines is 1. The molecule has 0 aliphatic carbocycles. The van der Waals surface area contributed by atoms with Gasteiger partial charge in [-0.25, -0.2) is 0 Å². The Morgan fingerprint density at radius 1 is 1.29 bits per heavy atom. The zero-order chi connectivity index (χ0) is 16.3. The third-order valence-electron chi connectivity index (χ3n) is 2.41. The van der Waals surface area contributed by atoms with Crippen molar-refractivity contribution in [2.45, 2.75) is 32.5 Å². The fourth-order valence-electron chi connectivity index (χ4n) is 1.64. The maximum absolute atomic E-state index is 12.9. The van der Waals surface area contributed by atoms with Gasteiger partial charge in [0, 0.05) is 11.2 Å². The van der Waals surface area contributed by atoms with Crippen molar-refractivity contribution >= 4 is 11.6 Å². The molecule has 0 saturated carbocycles. The van der Waals surface area contributed by atoms with Gasteiger partial charge in [-0.1, -0.05) is 0 Å². The lowest BCUT2D eigenvalue weighted by atomic mass is 10.1. The van der Waals surface area contributed by atoms with Gasteiger partial charge in [-0.3, -0.25) is 4.79 Å². The van der Waals surface area contributed by atoms with E-state index in [0.717, 1.165) is 12.1 Å². The number of alkyl halides is 3. The van der Waals surface area contributed by atoms with Crippen molar-refractivity contribution in [3.8, 4) is 6.07 Å². The fourth-order valence-corrected chi connectivity index (χ4v) is 1.64. The second-order valence-corrected chi connectivity index (χ2v) is 5.52. The summed E-state index contributed by atoms with van der Waals surface area (Å²) in [6, 6.07) is 4.82. The van der Waals surface area contributed by atoms with Gasteiger partial charge >= 0.3 is 6.18 Å². The van der Waals surface area contributed by atoms with Crippen LogP contribution >= 0.6 is 0 Å². The third-order valence-corrected chi connectivity index (χ3v) is 2.41. The second-order valence-electron chi connectivity index (χ2n) is 5.52. The molecule has 21 heavy (non-hydrogen) atoms. The molecule has 0 aromatic heterocycles. The number of nitrogens with zero attached hydrogens (tertiary/aromatic N) is 1. The highest BCUT2D eigenvalue weighted by Gasteiger charge is 2.34. The number of benzene rings is 1. The highest BCUT2D eigenvalue weighted by atomic mass is 19.4. The molecule has 0 saturated heterocycles. The number of halogens is 3. The Morgan fingerprint density at radius 2 is 1.90 bits per heavy atom. The first-order valence-electron chi connectivity index (χ1n) is 6.19. The van der Waals surface area contributed by atoms with Gasteiger partial charge in [0.25, 0.3) is 0 Å². The monoisotopic (exact) mass is 299 g/mol. The van der Waals surface area contributed by atoms with E-state index in [1.54, 1.807) is 26.8 Å². The molecular weight excluding hydrogens is 283 g/mol. The predicted molar refractivity (Wildman–Crippen MR) is 72.5 cm³/mol. The Labute approximate surface area is 121 Å². The van der Waals surface area contributed by atoms with Crippen LogP contribution in [-0.2, 0) is 11.0 Å². The van der Waals surface area contributed by atoms with Gasteiger partial charge in [0.2, 0.25) is 5.91 Å². The molecule has 0 aliphatic rings. The van der Waals surface area contributed by atoms with E-state index in [4.69, 9.17) is 5.26 Å². The molecule has 0 spiro atoms. The standard InChI is InChI=1S/C14H16F3N3O/c1-13(2,3)20-12(21)8-19-11-5-4-9(7-18)6-10(11)14(15,16)17/h4-6,19H,8H2,1-3H3,(H,20,21). The van der Waals surface area contributed by atoms with Crippen LogP contribution in [-0.4, -0.2) is 18.0 Å². The number of carbonyl (C=O) groups excluding carboxylic acids is 1. The summed E-state index contributed by atoms with van der Waals surface area (Å²) in [6.07, 6.45) is -4.60. The van der Waals surface area contributed by atoms with E-state index in [-0.39, 0.29) is 17.8 Å². The van der Waals surface area contributed by atoms with E-state index in [0.29, 0.717) is 0 Å². The first-order chi connectivity index (χ1) is 9.53. The highest BCUT2D eigenvalue weighted by Crippen LogP contribution is 2.35. The lowest BCUT2D eigenvalue weighted by Crippen LogP contribution is -2.43. The van der Waals surface area contributed by atoms with Gasteiger partial charge in [-0.2, -0.15) is 18.4 Å². The Kier molecular flexibility index (Phi) is 4.84. The summed E-state index contributed by atoms with van der Waals surface area (Å²) in [5.74, 6) is -0.417. The number of rotatable bonds is 3. The summed E-state index contributed by atoms with van der Waals surface area (Å²) < 4.78 is 38.7. The van der Waals surface area contributed by atoms with Crippen molar-refractivity contribution in [2.75, 3.05) is 11.9 Å². The molecule has 114 valence electrons. The Hall–Kier alpha value is -2.23. The minimum absolute atomic E-state index is 0.0907. The fraction of sp³-hybridized carbons (Fsp3) is 0.429. The maximum Gasteiger partial charge on any atom is 0.418 e. The van der Waals surface area contributed by atoms with Crippen molar-refractivity contribution < 1.29 is 18.0 Å². The SMILES string of the molecule is CC(C)(C)NC(=O)CNc1ccc(C#N)cc1C(F)(F)F. The Balaban J connectivity index is 2.89. The van der Waals surface area contributed by atoms with Crippen molar-refractivity contribution in [2.24, 2.45) is 0 Å². The van der Waals surface area contributed by atoms with Crippen LogP contribution in [0.4, 0.5) is 18.9 Å². The van der Waals surface area contributed by atoms with E-state index in [9.17, 15) is 18.0 Å². The molecule has 1 amide bonds. The molecule has 0 bridgehead atoms. The molecule has 0 heterocycles. The smallest absolute Gasteiger partial charge is 0.376 e. The van der Waals surface area contributed by atoms with Gasteiger partial charge in [0.15, 0.2) is 0 Å². The van der Waals surface area contributed by atoms with Crippen LogP contribution in [0.25, 0.3) is 0 Å². The molecule has 1 rings (SSSR count). The lowest BCUT2D eigenvalue weighted by Gasteiger charge is -2.21. The van der Waals surface area contributed by atoms with E-state index in [1.165, 1.54) is 6.07 Å². The van der Waals surface area contributed by atoms with Gasteiger partial charge in [0.1, 0.15) is 0 Å². The molecule has 0 atom stereocenters. The van der Waals surface area contributed by atoms with Crippen LogP contribution in [0.15, 0.2) is 18.2 Å². The van der Waals surface area contributed by atoms with Gasteiger partial charge in [0.05, 0.1) is 23.7 Å². The van der Waals surface area contributed by atoms with Crippen LogP contribution in [0, 0.1) is 11.3 Å². The highest BCUT2D eigenvalue weighted by molar-refractivity contribution is 5.81. The van der Waals surface area contributed by atoms with E-state index >= 15 is 0 Å². The van der Waals surface area contributed by atoms with Crippen molar-refractivity contribution in [3.63, 3.8) is 0 Å². The molecule has 0 unspecified atom stereocenters. The van der Waals surface area contributed by atoms with E-state index in [1.807, 2.05) is 0 Å². The zero-order valence-electron chi connectivity index (χ0n) is 11.9. The minimum atomic E-state index is -4.60. The number of amides is 1. The van der Waals surface area contributed by atoms with Gasteiger partial charge in [-0.05, 0) is 39.0 Å². The summed E-state index contributed by atoms with van der Waals surface area (Å²) >= 11 is 0. The van der Waals surface area contributed by atoms with Crippen molar-refractivity contribution in [1.29, 1.82) is 5.26 Å². The summed E-state index contributed by atoms with van der Waals surface area (Å²) in [7, 11) is 0. The normalized spacial score (nSPS) is 11.7. The largest absolute Gasteiger partial charge is 0.418 e. The van der Waals surface area contributed by atoms with E-state index < -0.39 is 23.2 Å². The topological polar surface area (TPSA) is 64.9 Å². The summed E-state index contributed by atoms with van der Waals surface area (Å²) in [4.78, 5) is 11.6. The molecule has 0 fully saturated rings. The Bertz CT molecular complexity index is 568. The van der Waals surface area contributed by atoms with Crippen LogP contribution in [0.3, 0.4) is 0 Å². The lowest BCUT2D eigenvalue weighted by molar-refractivity contribution is -0.137. The molecule has 1 aromatic carbocycles. The molecule has 0 aliphatic heterocycles. The average molecular weight is 299 g/mol. The summed E-state index contributed by atoms with van der Waals surface area (Å²) in [6.45, 7) is 5.03. The molecule has 0 radical (unpaired) electrons. The maximum atomic E-state index is 12.9. The van der Waals surface area contributed by atoms with Crippen LogP contribution < -0.4 is 10.6 Å². The number of nitrogens with one attached hydrogen (secondary N) is 2. The van der Waals surface area contributed by atoms with E-state index in [2.05, 4.69) is 10.6 Å². The number of carbonyl (C=O) groups is 1. The zero-order valence-corrected chi connectivity index (χ0v) is 11.9. The van der Waals surface area contributed by atoms with Crippen LogP contribution in [0.2, 0.25) is 0 Å². The molecule has 4 nitrogen and oxygen atoms in total. The number of hydrogen-bond acceptors (Lipinski definition) is 3. The Morgan fingerprint density at radius 3 is 2.38 bits per heavy atom. The molecule has 7 heteroatoms. The van der Waals surface area contributed by atoms with Crippen LogP contribution in [0.1, 0.15) is 31.9 Å². The van der Waals surface area contributed by atoms with Gasteiger partial charge in [-0.15, -0.1) is 0 Å².